The normalized spacial score (nSPS) is 16.3. The molecule has 0 bridgehead atoms. The van der Waals surface area contributed by atoms with Crippen LogP contribution in [-0.4, -0.2) is 48.5 Å². The van der Waals surface area contributed by atoms with Crippen LogP contribution < -0.4 is 5.32 Å². The van der Waals surface area contributed by atoms with Crippen LogP contribution in [0.5, 0.6) is 0 Å². The highest BCUT2D eigenvalue weighted by atomic mass is 32.2. The van der Waals surface area contributed by atoms with Gasteiger partial charge in [0.1, 0.15) is 0 Å². The second-order valence-corrected chi connectivity index (χ2v) is 11.5. The minimum Gasteiger partial charge on any atom is -0.388 e. The van der Waals surface area contributed by atoms with Crippen molar-refractivity contribution in [2.24, 2.45) is 11.3 Å². The van der Waals surface area contributed by atoms with E-state index in [-0.39, 0.29) is 0 Å². The van der Waals surface area contributed by atoms with Crippen LogP contribution in [0.3, 0.4) is 0 Å². The highest BCUT2D eigenvalue weighted by Crippen LogP contribution is 2.42. The molecule has 1 fully saturated rings. The van der Waals surface area contributed by atoms with Crippen molar-refractivity contribution >= 4 is 29.2 Å². The van der Waals surface area contributed by atoms with Gasteiger partial charge in [-0.25, -0.2) is 0 Å². The number of fused-ring (bicyclic) bond motifs is 1. The van der Waals surface area contributed by atoms with E-state index in [4.69, 9.17) is 5.41 Å². The standard InChI is InChI=1S/C22H27N5S.C6H14.C2H2/c1-14-10-20(15-6-8-27(3)9-7-15)28-13-18-21(14)25-26-22(18)16-4-5-17(12-23)19(11-16)24-2;1-5-6(2,3)4;1-2/h4-5,10-12,15,23-24H,1,6-9,13H2,2-3H3,(H,25,26);5H2,1-4H3;1-2H. The number of rotatable bonds is 4. The van der Waals surface area contributed by atoms with Gasteiger partial charge in [-0.15, -0.1) is 24.6 Å². The number of terminal acetylenes is 1. The Bertz CT molecular complexity index is 1080. The predicted octanol–water partition coefficient (Wildman–Crippen LogP) is 7.29. The lowest BCUT2D eigenvalue weighted by Gasteiger charge is -2.30. The molecule has 3 N–H and O–H groups in total. The maximum absolute atomic E-state index is 7.56. The first kappa shape index (κ1) is 29.5. The van der Waals surface area contributed by atoms with E-state index in [1.165, 1.54) is 35.9 Å². The van der Waals surface area contributed by atoms with Crippen LogP contribution in [-0.2, 0) is 5.75 Å². The number of anilines is 1. The number of H-pyrrole nitrogens is 1. The largest absolute Gasteiger partial charge is 0.388 e. The first-order valence-electron chi connectivity index (χ1n) is 12.6. The van der Waals surface area contributed by atoms with Crippen LogP contribution in [0.1, 0.15) is 63.8 Å². The Labute approximate surface area is 222 Å². The zero-order chi connectivity index (χ0) is 26.9. The van der Waals surface area contributed by atoms with E-state index >= 15 is 0 Å². The SMILES string of the molecule is C#C.C=C1C=C(C2CCN(C)CC2)SCc2c1n[nH]c2-c1ccc(C=N)c(NC)c1.CCC(C)(C)C. The molecule has 0 spiro atoms. The summed E-state index contributed by atoms with van der Waals surface area (Å²) in [5.74, 6) is 1.54. The number of allylic oxidation sites excluding steroid dienone is 3. The molecule has 5 nitrogen and oxygen atoms in total. The molecule has 1 aromatic carbocycles. The summed E-state index contributed by atoms with van der Waals surface area (Å²) in [5, 5.41) is 18.6. The Morgan fingerprint density at radius 3 is 2.47 bits per heavy atom. The molecule has 2 aliphatic heterocycles. The van der Waals surface area contributed by atoms with Crippen LogP contribution in [0.4, 0.5) is 5.69 Å². The number of nitrogens with zero attached hydrogens (tertiary/aromatic N) is 2. The van der Waals surface area contributed by atoms with Gasteiger partial charge in [-0.1, -0.05) is 52.8 Å². The van der Waals surface area contributed by atoms with Crippen molar-refractivity contribution in [3.05, 3.63) is 52.6 Å². The highest BCUT2D eigenvalue weighted by Gasteiger charge is 2.26. The second-order valence-electron chi connectivity index (χ2n) is 10.5. The van der Waals surface area contributed by atoms with E-state index in [9.17, 15) is 0 Å². The molecule has 0 aliphatic carbocycles. The fourth-order valence-corrected chi connectivity index (χ4v) is 5.32. The molecule has 36 heavy (non-hydrogen) atoms. The maximum Gasteiger partial charge on any atom is 0.0962 e. The van der Waals surface area contributed by atoms with Gasteiger partial charge in [0.2, 0.25) is 0 Å². The third-order valence-corrected chi connectivity index (χ3v) is 8.04. The minimum atomic E-state index is 0.542. The average Bonchev–Trinajstić information content (AvgIpc) is 3.24. The van der Waals surface area contributed by atoms with Crippen LogP contribution in [0.15, 0.2) is 35.8 Å². The molecule has 6 heteroatoms. The molecule has 0 saturated carbocycles. The van der Waals surface area contributed by atoms with Gasteiger partial charge >= 0.3 is 0 Å². The number of piperidine rings is 1. The molecule has 0 radical (unpaired) electrons. The Hall–Kier alpha value is -2.75. The molecule has 3 heterocycles. The van der Waals surface area contributed by atoms with E-state index in [1.807, 2.05) is 24.9 Å². The Morgan fingerprint density at radius 2 is 1.92 bits per heavy atom. The summed E-state index contributed by atoms with van der Waals surface area (Å²) in [6, 6.07) is 6.11. The summed E-state index contributed by atoms with van der Waals surface area (Å²) in [6.45, 7) is 15.6. The molecular formula is C30H43N5S. The first-order valence-corrected chi connectivity index (χ1v) is 13.6. The van der Waals surface area contributed by atoms with Crippen LogP contribution in [0.2, 0.25) is 0 Å². The zero-order valence-corrected chi connectivity index (χ0v) is 23.7. The zero-order valence-electron chi connectivity index (χ0n) is 22.9. The molecule has 0 atom stereocenters. The van der Waals surface area contributed by atoms with E-state index < -0.39 is 0 Å². The van der Waals surface area contributed by atoms with Gasteiger partial charge in [-0.3, -0.25) is 5.10 Å². The van der Waals surface area contributed by atoms with Gasteiger partial charge in [0, 0.05) is 41.4 Å². The molecule has 0 amide bonds. The van der Waals surface area contributed by atoms with E-state index in [1.54, 1.807) is 0 Å². The lowest BCUT2D eigenvalue weighted by Crippen LogP contribution is -2.30. The first-order chi connectivity index (χ1) is 17.2. The van der Waals surface area contributed by atoms with Gasteiger partial charge in [0.25, 0.3) is 0 Å². The van der Waals surface area contributed by atoms with Crippen molar-refractivity contribution in [3.63, 3.8) is 0 Å². The molecule has 1 aromatic heterocycles. The molecule has 4 rings (SSSR count). The lowest BCUT2D eigenvalue weighted by molar-refractivity contribution is 0.242. The fraction of sp³-hybridized carbons (Fsp3) is 0.467. The fourth-order valence-electron chi connectivity index (χ4n) is 4.03. The van der Waals surface area contributed by atoms with Gasteiger partial charge < -0.3 is 15.6 Å². The topological polar surface area (TPSA) is 67.8 Å². The number of nitrogens with one attached hydrogen (secondary N) is 3. The maximum atomic E-state index is 7.56. The van der Waals surface area contributed by atoms with Crippen LogP contribution >= 0.6 is 11.8 Å². The summed E-state index contributed by atoms with van der Waals surface area (Å²) >= 11 is 1.94. The number of likely N-dealkylation sites (tertiary alicyclic amines) is 1. The molecule has 2 aromatic rings. The van der Waals surface area contributed by atoms with Gasteiger partial charge in [0.15, 0.2) is 0 Å². The molecular weight excluding hydrogens is 462 g/mol. The Morgan fingerprint density at radius 1 is 1.28 bits per heavy atom. The van der Waals surface area contributed by atoms with Crippen LogP contribution in [0, 0.1) is 29.6 Å². The average molecular weight is 506 g/mol. The van der Waals surface area contributed by atoms with Crippen molar-refractivity contribution in [2.45, 2.75) is 52.7 Å². The number of aromatic nitrogens is 2. The number of hydrogen-bond acceptors (Lipinski definition) is 5. The molecule has 194 valence electrons. The van der Waals surface area contributed by atoms with Crippen molar-refractivity contribution in [3.8, 4) is 24.1 Å². The van der Waals surface area contributed by atoms with E-state index in [0.29, 0.717) is 11.3 Å². The van der Waals surface area contributed by atoms with E-state index in [0.717, 1.165) is 52.6 Å². The van der Waals surface area contributed by atoms with Crippen molar-refractivity contribution in [1.29, 1.82) is 5.41 Å². The number of hydrogen-bond donors (Lipinski definition) is 3. The summed E-state index contributed by atoms with van der Waals surface area (Å²) in [7, 11) is 4.09. The van der Waals surface area contributed by atoms with Gasteiger partial charge in [-0.2, -0.15) is 5.10 Å². The lowest BCUT2D eigenvalue weighted by atomic mass is 9.94. The van der Waals surface area contributed by atoms with Crippen molar-refractivity contribution in [1.82, 2.24) is 15.1 Å². The quantitative estimate of drug-likeness (QED) is 0.301. The second kappa shape index (κ2) is 13.5. The molecule has 0 unspecified atom stereocenters. The predicted molar refractivity (Wildman–Crippen MR) is 160 cm³/mol. The third-order valence-electron chi connectivity index (χ3n) is 6.82. The summed E-state index contributed by atoms with van der Waals surface area (Å²) in [5.41, 5.74) is 7.70. The summed E-state index contributed by atoms with van der Waals surface area (Å²) in [4.78, 5) is 3.87. The minimum absolute atomic E-state index is 0.542. The Kier molecular flexibility index (Phi) is 11.1. The van der Waals surface area contributed by atoms with E-state index in [2.05, 4.69) is 92.8 Å². The number of benzene rings is 1. The Balaban J connectivity index is 0.000000502. The summed E-state index contributed by atoms with van der Waals surface area (Å²) < 4.78 is 0. The van der Waals surface area contributed by atoms with Crippen LogP contribution in [0.25, 0.3) is 16.8 Å². The van der Waals surface area contributed by atoms with Crippen molar-refractivity contribution < 1.29 is 0 Å². The van der Waals surface area contributed by atoms with Gasteiger partial charge in [0.05, 0.1) is 11.4 Å². The smallest absolute Gasteiger partial charge is 0.0962 e. The molecule has 1 saturated heterocycles. The van der Waals surface area contributed by atoms with Gasteiger partial charge in [-0.05, 0) is 66.9 Å². The monoisotopic (exact) mass is 505 g/mol. The highest BCUT2D eigenvalue weighted by molar-refractivity contribution is 8.02. The number of aromatic amines is 1. The summed E-state index contributed by atoms with van der Waals surface area (Å²) in [6.07, 6.45) is 15.3. The number of thioether (sulfide) groups is 1. The molecule has 2 aliphatic rings. The third kappa shape index (κ3) is 7.62. The van der Waals surface area contributed by atoms with Crippen molar-refractivity contribution in [2.75, 3.05) is 32.5 Å².